The van der Waals surface area contributed by atoms with E-state index in [1.807, 2.05) is 11.6 Å². The van der Waals surface area contributed by atoms with Gasteiger partial charge in [-0.2, -0.15) is 13.2 Å². The van der Waals surface area contributed by atoms with Crippen LogP contribution in [0.1, 0.15) is 22.3 Å². The summed E-state index contributed by atoms with van der Waals surface area (Å²) in [5.41, 5.74) is -2.21. The van der Waals surface area contributed by atoms with Crippen molar-refractivity contribution in [2.75, 3.05) is 37.1 Å². The van der Waals surface area contributed by atoms with E-state index in [1.54, 1.807) is 12.1 Å². The Kier molecular flexibility index (Phi) is 9.85. The predicted octanol–water partition coefficient (Wildman–Crippen LogP) is 3.24. The minimum Gasteiger partial charge on any atom is -0.465 e. The minimum absolute atomic E-state index is 0.0333. The molecular formula is C24H26F3N3O7S2. The Morgan fingerprint density at radius 3 is 2.44 bits per heavy atom. The van der Waals surface area contributed by atoms with Gasteiger partial charge in [0.15, 0.2) is 9.84 Å². The molecule has 212 valence electrons. The molecule has 1 fully saturated rings. The van der Waals surface area contributed by atoms with Crippen molar-refractivity contribution >= 4 is 45.2 Å². The van der Waals surface area contributed by atoms with Crippen molar-refractivity contribution in [2.24, 2.45) is 5.92 Å². The lowest BCUT2D eigenvalue weighted by Crippen LogP contribution is -2.51. The molecule has 1 heterocycles. The molecule has 3 rings (SSSR count). The number of sulfone groups is 1. The Labute approximate surface area is 226 Å². The van der Waals surface area contributed by atoms with Crippen LogP contribution in [0.15, 0.2) is 52.3 Å². The van der Waals surface area contributed by atoms with Crippen molar-refractivity contribution in [1.29, 1.82) is 0 Å². The Morgan fingerprint density at radius 2 is 1.82 bits per heavy atom. The van der Waals surface area contributed by atoms with Gasteiger partial charge in [-0.05, 0) is 61.1 Å². The molecule has 0 saturated carbocycles. The second kappa shape index (κ2) is 12.7. The Morgan fingerprint density at radius 1 is 1.13 bits per heavy atom. The molecule has 10 nitrogen and oxygen atoms in total. The topological polar surface area (TPSA) is 151 Å². The fourth-order valence-electron chi connectivity index (χ4n) is 3.95. The zero-order valence-corrected chi connectivity index (χ0v) is 22.2. The first kappa shape index (κ1) is 30.2. The number of hydrogen-bond donors (Lipinski definition) is 4. The third-order valence-electron chi connectivity index (χ3n) is 5.94. The van der Waals surface area contributed by atoms with E-state index < -0.39 is 69.2 Å². The SMILES string of the molecule is CSc1ccc(S(=O)(=O)CC2CCOCC2NC(=O)CNC(=O)c2cc(C(F)(F)F)ccc2NC(=O)O)cc1. The highest BCUT2D eigenvalue weighted by atomic mass is 32.2. The van der Waals surface area contributed by atoms with E-state index in [9.17, 15) is 36.0 Å². The molecule has 3 amide bonds. The van der Waals surface area contributed by atoms with Crippen LogP contribution in [-0.4, -0.2) is 69.2 Å². The molecule has 0 aromatic heterocycles. The van der Waals surface area contributed by atoms with Gasteiger partial charge in [0, 0.05) is 11.5 Å². The number of nitrogens with one attached hydrogen (secondary N) is 3. The second-order valence-electron chi connectivity index (χ2n) is 8.63. The number of carbonyl (C=O) groups excluding carboxylic acids is 2. The van der Waals surface area contributed by atoms with Gasteiger partial charge >= 0.3 is 12.3 Å². The number of ether oxygens (including phenoxy) is 1. The van der Waals surface area contributed by atoms with Gasteiger partial charge in [-0.3, -0.25) is 14.9 Å². The van der Waals surface area contributed by atoms with Gasteiger partial charge < -0.3 is 20.5 Å². The lowest BCUT2D eigenvalue weighted by molar-refractivity contribution is -0.137. The summed E-state index contributed by atoms with van der Waals surface area (Å²) in [6.07, 6.45) is -4.16. The first-order valence-corrected chi connectivity index (χ1v) is 14.4. The van der Waals surface area contributed by atoms with Crippen LogP contribution in [0.3, 0.4) is 0 Å². The summed E-state index contributed by atoms with van der Waals surface area (Å²) in [6, 6.07) is 7.63. The average molecular weight is 590 g/mol. The highest BCUT2D eigenvalue weighted by Gasteiger charge is 2.33. The molecule has 39 heavy (non-hydrogen) atoms. The first-order valence-electron chi connectivity index (χ1n) is 11.5. The maximum Gasteiger partial charge on any atom is 0.416 e. The maximum atomic E-state index is 13.1. The molecule has 1 saturated heterocycles. The van der Waals surface area contributed by atoms with Gasteiger partial charge in [-0.15, -0.1) is 11.8 Å². The Hall–Kier alpha value is -3.30. The quantitative estimate of drug-likeness (QED) is 0.326. The van der Waals surface area contributed by atoms with Crippen LogP contribution in [0.2, 0.25) is 0 Å². The molecule has 0 bridgehead atoms. The minimum atomic E-state index is -4.79. The van der Waals surface area contributed by atoms with E-state index in [0.29, 0.717) is 25.2 Å². The van der Waals surface area contributed by atoms with Crippen molar-refractivity contribution in [1.82, 2.24) is 10.6 Å². The van der Waals surface area contributed by atoms with Gasteiger partial charge in [0.1, 0.15) is 0 Å². The number of alkyl halides is 3. The van der Waals surface area contributed by atoms with E-state index in [1.165, 1.54) is 23.9 Å². The summed E-state index contributed by atoms with van der Waals surface area (Å²) in [5, 5.41) is 15.5. The monoisotopic (exact) mass is 589 g/mol. The van der Waals surface area contributed by atoms with E-state index in [-0.39, 0.29) is 17.3 Å². The van der Waals surface area contributed by atoms with E-state index in [4.69, 9.17) is 9.84 Å². The van der Waals surface area contributed by atoms with Gasteiger partial charge in [0.2, 0.25) is 5.91 Å². The molecule has 1 aliphatic heterocycles. The van der Waals surface area contributed by atoms with Gasteiger partial charge in [-0.25, -0.2) is 13.2 Å². The number of carbonyl (C=O) groups is 3. The highest BCUT2D eigenvalue weighted by Crippen LogP contribution is 2.32. The number of benzene rings is 2. The fraction of sp³-hybridized carbons (Fsp3) is 0.375. The zero-order valence-electron chi connectivity index (χ0n) is 20.6. The van der Waals surface area contributed by atoms with Crippen LogP contribution in [0.25, 0.3) is 0 Å². The summed E-state index contributed by atoms with van der Waals surface area (Å²) in [6.45, 7) is -0.330. The van der Waals surface area contributed by atoms with E-state index in [2.05, 4.69) is 10.6 Å². The molecule has 2 aromatic carbocycles. The molecular weight excluding hydrogens is 563 g/mol. The highest BCUT2D eigenvalue weighted by molar-refractivity contribution is 7.98. The Balaban J connectivity index is 1.66. The van der Waals surface area contributed by atoms with Crippen molar-refractivity contribution in [3.63, 3.8) is 0 Å². The maximum absolute atomic E-state index is 13.1. The van der Waals surface area contributed by atoms with Crippen LogP contribution in [-0.2, 0) is 25.5 Å². The van der Waals surface area contributed by atoms with Crippen molar-refractivity contribution in [2.45, 2.75) is 28.4 Å². The standard InChI is InChI=1S/C24H26F3N3O7S2/c1-38-16-3-5-17(6-4-16)39(35,36)13-14-8-9-37-12-20(14)29-21(31)11-28-22(32)18-10-15(24(25,26)27)2-7-19(18)30-23(33)34/h2-7,10,14,20,30H,8-9,11-13H2,1H3,(H,28,32)(H,29,31)(H,33,34). The van der Waals surface area contributed by atoms with Gasteiger partial charge in [0.25, 0.3) is 5.91 Å². The van der Waals surface area contributed by atoms with E-state index >= 15 is 0 Å². The fourth-order valence-corrected chi connectivity index (χ4v) is 6.06. The molecule has 2 aromatic rings. The normalized spacial score (nSPS) is 17.7. The molecule has 2 atom stereocenters. The third-order valence-corrected chi connectivity index (χ3v) is 8.54. The number of hydrogen-bond acceptors (Lipinski definition) is 7. The lowest BCUT2D eigenvalue weighted by Gasteiger charge is -2.32. The molecule has 1 aliphatic rings. The number of thioether (sulfide) groups is 1. The van der Waals surface area contributed by atoms with Crippen LogP contribution >= 0.6 is 11.8 Å². The second-order valence-corrected chi connectivity index (χ2v) is 11.5. The molecule has 4 N–H and O–H groups in total. The molecule has 0 aliphatic carbocycles. The number of halogens is 3. The van der Waals surface area contributed by atoms with Crippen LogP contribution in [0, 0.1) is 5.92 Å². The number of carboxylic acid groups (broad SMARTS) is 1. The predicted molar refractivity (Wildman–Crippen MR) is 137 cm³/mol. The smallest absolute Gasteiger partial charge is 0.416 e. The van der Waals surface area contributed by atoms with Gasteiger partial charge in [0.05, 0.1) is 46.7 Å². The first-order chi connectivity index (χ1) is 18.3. The average Bonchev–Trinajstić information content (AvgIpc) is 2.87. The molecule has 15 heteroatoms. The molecule has 2 unspecified atom stereocenters. The summed E-state index contributed by atoms with van der Waals surface area (Å²) in [5.74, 6) is -2.59. The van der Waals surface area contributed by atoms with Crippen LogP contribution < -0.4 is 16.0 Å². The summed E-state index contributed by atoms with van der Waals surface area (Å²) in [4.78, 5) is 37.2. The summed E-state index contributed by atoms with van der Waals surface area (Å²) < 4.78 is 70.6. The summed E-state index contributed by atoms with van der Waals surface area (Å²) in [7, 11) is -3.68. The van der Waals surface area contributed by atoms with E-state index in [0.717, 1.165) is 11.0 Å². The van der Waals surface area contributed by atoms with Crippen molar-refractivity contribution in [3.05, 3.63) is 53.6 Å². The third kappa shape index (κ3) is 8.34. The summed E-state index contributed by atoms with van der Waals surface area (Å²) >= 11 is 1.47. The lowest BCUT2D eigenvalue weighted by atomic mass is 9.97. The Bertz CT molecular complexity index is 1320. The largest absolute Gasteiger partial charge is 0.465 e. The number of amides is 3. The van der Waals surface area contributed by atoms with Crippen LogP contribution in [0.5, 0.6) is 0 Å². The zero-order chi connectivity index (χ0) is 28.8. The number of rotatable bonds is 9. The van der Waals surface area contributed by atoms with Gasteiger partial charge in [-0.1, -0.05) is 0 Å². The molecule has 0 spiro atoms. The van der Waals surface area contributed by atoms with Crippen molar-refractivity contribution in [3.8, 4) is 0 Å². The number of anilines is 1. The van der Waals surface area contributed by atoms with Crippen molar-refractivity contribution < 1.29 is 45.8 Å². The molecule has 0 radical (unpaired) electrons. The van der Waals surface area contributed by atoms with Crippen LogP contribution in [0.4, 0.5) is 23.7 Å².